The van der Waals surface area contributed by atoms with E-state index in [0.29, 0.717) is 6.42 Å². The maximum atomic E-state index is 10.8. The first-order chi connectivity index (χ1) is 6.75. The monoisotopic (exact) mass is 189 g/mol. The molecule has 0 aliphatic heterocycles. The minimum Gasteiger partial charge on any atom is -0.443 e. The molecule has 1 aromatic heterocycles. The van der Waals surface area contributed by atoms with Gasteiger partial charge in [-0.25, -0.2) is 4.98 Å². The van der Waals surface area contributed by atoms with E-state index in [1.165, 1.54) is 6.39 Å². The van der Waals surface area contributed by atoms with E-state index in [9.17, 15) is 4.79 Å². The fraction of sp³-hybridized carbons (Fsp3) is 0.273. The molecule has 0 saturated heterocycles. The summed E-state index contributed by atoms with van der Waals surface area (Å²) in [4.78, 5) is 14.9. The summed E-state index contributed by atoms with van der Waals surface area (Å²) in [6.07, 6.45) is 2.79. The molecule has 0 amide bonds. The van der Waals surface area contributed by atoms with Crippen LogP contribution in [0.1, 0.15) is 18.9 Å². The zero-order chi connectivity index (χ0) is 9.97. The van der Waals surface area contributed by atoms with E-state index in [-0.39, 0.29) is 5.78 Å². The van der Waals surface area contributed by atoms with Crippen LogP contribution < -0.4 is 0 Å². The highest BCUT2D eigenvalue weighted by molar-refractivity contribution is 5.76. The summed E-state index contributed by atoms with van der Waals surface area (Å²) in [5.74, 6) is 0.213. The van der Waals surface area contributed by atoms with Crippen molar-refractivity contribution < 1.29 is 9.21 Å². The number of Topliss-reactive ketones (excluding diaryl/α,β-unsaturated/α-hetero) is 1. The fourth-order valence-electron chi connectivity index (χ4n) is 1.38. The van der Waals surface area contributed by atoms with Crippen LogP contribution in [-0.2, 0) is 11.2 Å². The van der Waals surface area contributed by atoms with Gasteiger partial charge in [-0.15, -0.1) is 0 Å². The summed E-state index contributed by atoms with van der Waals surface area (Å²) in [6, 6.07) is 5.82. The maximum Gasteiger partial charge on any atom is 0.181 e. The van der Waals surface area contributed by atoms with Crippen molar-refractivity contribution in [3.63, 3.8) is 0 Å². The lowest BCUT2D eigenvalue weighted by atomic mass is 10.1. The van der Waals surface area contributed by atoms with Crippen molar-refractivity contribution in [2.24, 2.45) is 0 Å². The minimum atomic E-state index is 0.213. The third-order valence-electron chi connectivity index (χ3n) is 2.16. The van der Waals surface area contributed by atoms with Gasteiger partial charge < -0.3 is 9.21 Å². The number of oxazole rings is 1. The third kappa shape index (κ3) is 1.82. The molecule has 0 aliphatic carbocycles. The quantitative estimate of drug-likeness (QED) is 0.744. The average molecular weight is 189 g/mol. The molecule has 1 aromatic carbocycles. The predicted molar refractivity (Wildman–Crippen MR) is 53.0 cm³/mol. The molecule has 0 N–H and O–H groups in total. The summed E-state index contributed by atoms with van der Waals surface area (Å²) in [6.45, 7) is 1.61. The number of nitrogens with zero attached hydrogens (tertiary/aromatic N) is 1. The second-order valence-corrected chi connectivity index (χ2v) is 3.36. The van der Waals surface area contributed by atoms with Gasteiger partial charge in [0.15, 0.2) is 12.0 Å². The Morgan fingerprint density at radius 3 is 3.14 bits per heavy atom. The van der Waals surface area contributed by atoms with E-state index in [1.807, 2.05) is 18.2 Å². The van der Waals surface area contributed by atoms with Crippen LogP contribution in [0.4, 0.5) is 0 Å². The lowest BCUT2D eigenvalue weighted by Gasteiger charge is -1.97. The molecule has 0 radical (unpaired) electrons. The first-order valence-corrected chi connectivity index (χ1v) is 4.57. The summed E-state index contributed by atoms with van der Waals surface area (Å²) in [7, 11) is 0. The number of fused-ring (bicyclic) bond motifs is 1. The molecule has 14 heavy (non-hydrogen) atoms. The number of carbonyl (C=O) groups is 1. The van der Waals surface area contributed by atoms with Gasteiger partial charge in [-0.05, 0) is 31.0 Å². The lowest BCUT2D eigenvalue weighted by molar-refractivity contribution is -0.116. The SMILES string of the molecule is CC(=O)CCc1ccc2ocnc2c1. The van der Waals surface area contributed by atoms with Gasteiger partial charge in [0.1, 0.15) is 11.3 Å². The summed E-state index contributed by atoms with van der Waals surface area (Å²) < 4.78 is 5.12. The van der Waals surface area contributed by atoms with Gasteiger partial charge in [-0.1, -0.05) is 6.07 Å². The lowest BCUT2D eigenvalue weighted by Crippen LogP contribution is -1.93. The van der Waals surface area contributed by atoms with Crippen molar-refractivity contribution >= 4 is 16.9 Å². The van der Waals surface area contributed by atoms with Crippen LogP contribution in [0.15, 0.2) is 29.0 Å². The standard InChI is InChI=1S/C11H11NO2/c1-8(13)2-3-9-4-5-11-10(6-9)12-7-14-11/h4-7H,2-3H2,1H3. The Labute approximate surface area is 81.7 Å². The van der Waals surface area contributed by atoms with Crippen LogP contribution in [0.3, 0.4) is 0 Å². The number of aryl methyl sites for hydroxylation is 1. The molecule has 0 saturated carbocycles. The van der Waals surface area contributed by atoms with Crippen LogP contribution in [0.5, 0.6) is 0 Å². The Morgan fingerprint density at radius 2 is 2.36 bits per heavy atom. The Kier molecular flexibility index (Phi) is 2.31. The second kappa shape index (κ2) is 3.62. The van der Waals surface area contributed by atoms with Gasteiger partial charge in [-0.3, -0.25) is 0 Å². The molecule has 72 valence electrons. The summed E-state index contributed by atoms with van der Waals surface area (Å²) in [5, 5.41) is 0. The maximum absolute atomic E-state index is 10.8. The molecule has 0 atom stereocenters. The van der Waals surface area contributed by atoms with Gasteiger partial charge in [0.05, 0.1) is 0 Å². The molecule has 3 heteroatoms. The average Bonchev–Trinajstić information content (AvgIpc) is 2.61. The first kappa shape index (κ1) is 8.94. The highest BCUT2D eigenvalue weighted by Crippen LogP contribution is 2.15. The Morgan fingerprint density at radius 1 is 1.50 bits per heavy atom. The molecular weight excluding hydrogens is 178 g/mol. The highest BCUT2D eigenvalue weighted by Gasteiger charge is 2.01. The van der Waals surface area contributed by atoms with Gasteiger partial charge in [0, 0.05) is 6.42 Å². The normalized spacial score (nSPS) is 10.6. The Hall–Kier alpha value is -1.64. The predicted octanol–water partition coefficient (Wildman–Crippen LogP) is 2.35. The van der Waals surface area contributed by atoms with Crippen LogP contribution in [0.25, 0.3) is 11.1 Å². The van der Waals surface area contributed by atoms with Crippen molar-refractivity contribution in [1.29, 1.82) is 0 Å². The summed E-state index contributed by atoms with van der Waals surface area (Å²) >= 11 is 0. The first-order valence-electron chi connectivity index (χ1n) is 4.57. The number of hydrogen-bond donors (Lipinski definition) is 0. The molecule has 2 aromatic rings. The Balaban J connectivity index is 2.21. The van der Waals surface area contributed by atoms with E-state index in [4.69, 9.17) is 4.42 Å². The van der Waals surface area contributed by atoms with Gasteiger partial charge in [-0.2, -0.15) is 0 Å². The largest absolute Gasteiger partial charge is 0.443 e. The molecule has 3 nitrogen and oxygen atoms in total. The highest BCUT2D eigenvalue weighted by atomic mass is 16.3. The number of aromatic nitrogens is 1. The number of rotatable bonds is 3. The Bertz CT molecular complexity index is 459. The van der Waals surface area contributed by atoms with Gasteiger partial charge in [0.2, 0.25) is 0 Å². The second-order valence-electron chi connectivity index (χ2n) is 3.36. The molecule has 0 bridgehead atoms. The number of carbonyl (C=O) groups excluding carboxylic acids is 1. The molecule has 0 spiro atoms. The smallest absolute Gasteiger partial charge is 0.181 e. The van der Waals surface area contributed by atoms with E-state index in [0.717, 1.165) is 23.1 Å². The van der Waals surface area contributed by atoms with E-state index in [1.54, 1.807) is 6.92 Å². The summed E-state index contributed by atoms with van der Waals surface area (Å²) in [5.41, 5.74) is 2.77. The van der Waals surface area contributed by atoms with Crippen molar-refractivity contribution in [3.8, 4) is 0 Å². The molecular formula is C11H11NO2. The van der Waals surface area contributed by atoms with Crippen molar-refractivity contribution in [2.45, 2.75) is 19.8 Å². The molecule has 0 fully saturated rings. The van der Waals surface area contributed by atoms with E-state index in [2.05, 4.69) is 4.98 Å². The molecule has 0 unspecified atom stereocenters. The number of benzene rings is 1. The van der Waals surface area contributed by atoms with Crippen LogP contribution in [0.2, 0.25) is 0 Å². The topological polar surface area (TPSA) is 43.1 Å². The van der Waals surface area contributed by atoms with Gasteiger partial charge in [0.25, 0.3) is 0 Å². The molecule has 0 aliphatic rings. The molecule has 1 heterocycles. The fourth-order valence-corrected chi connectivity index (χ4v) is 1.38. The van der Waals surface area contributed by atoms with Crippen molar-refractivity contribution in [2.75, 3.05) is 0 Å². The molecule has 2 rings (SSSR count). The van der Waals surface area contributed by atoms with Crippen LogP contribution in [-0.4, -0.2) is 10.8 Å². The zero-order valence-corrected chi connectivity index (χ0v) is 7.99. The van der Waals surface area contributed by atoms with Gasteiger partial charge >= 0.3 is 0 Å². The van der Waals surface area contributed by atoms with E-state index >= 15 is 0 Å². The van der Waals surface area contributed by atoms with Crippen LogP contribution in [0, 0.1) is 0 Å². The van der Waals surface area contributed by atoms with Crippen molar-refractivity contribution in [3.05, 3.63) is 30.2 Å². The third-order valence-corrected chi connectivity index (χ3v) is 2.16. The van der Waals surface area contributed by atoms with Crippen molar-refractivity contribution in [1.82, 2.24) is 4.98 Å². The minimum absolute atomic E-state index is 0.213. The zero-order valence-electron chi connectivity index (χ0n) is 7.99. The van der Waals surface area contributed by atoms with Crippen LogP contribution >= 0.6 is 0 Å². The number of hydrogen-bond acceptors (Lipinski definition) is 3. The number of ketones is 1. The van der Waals surface area contributed by atoms with E-state index < -0.39 is 0 Å².